The van der Waals surface area contributed by atoms with Crippen molar-refractivity contribution in [2.45, 2.75) is 6.61 Å². The Hall–Kier alpha value is -2.27. The summed E-state index contributed by atoms with van der Waals surface area (Å²) < 4.78 is 24.2. The molecule has 0 saturated carbocycles. The Bertz CT molecular complexity index is 652. The largest absolute Gasteiger partial charge is 0.493 e. The Morgan fingerprint density at radius 3 is 2.67 bits per heavy atom. The summed E-state index contributed by atoms with van der Waals surface area (Å²) in [5.41, 5.74) is 0.243. The number of carbonyl (C=O) groups is 1. The van der Waals surface area contributed by atoms with E-state index in [9.17, 15) is 9.18 Å². The third-order valence-electron chi connectivity index (χ3n) is 2.84. The van der Waals surface area contributed by atoms with Crippen molar-refractivity contribution >= 4 is 17.6 Å². The first kappa shape index (κ1) is 15.1. The van der Waals surface area contributed by atoms with E-state index in [0.29, 0.717) is 5.75 Å². The van der Waals surface area contributed by atoms with Crippen LogP contribution >= 0.6 is 11.6 Å². The Morgan fingerprint density at radius 1 is 1.29 bits per heavy atom. The molecular weight excluding hydrogens is 299 g/mol. The fourth-order valence-corrected chi connectivity index (χ4v) is 1.96. The number of benzene rings is 2. The average Bonchev–Trinajstić information content (AvgIpc) is 2.46. The maximum atomic E-state index is 13.7. The number of aromatic carboxylic acids is 1. The first-order chi connectivity index (χ1) is 10.0. The molecule has 0 atom stereocenters. The molecule has 6 heteroatoms. The molecule has 2 aromatic carbocycles. The number of ether oxygens (including phenoxy) is 2. The van der Waals surface area contributed by atoms with Crippen LogP contribution in [0.4, 0.5) is 4.39 Å². The fraction of sp³-hybridized carbons (Fsp3) is 0.133. The van der Waals surface area contributed by atoms with E-state index >= 15 is 0 Å². The summed E-state index contributed by atoms with van der Waals surface area (Å²) in [6, 6.07) is 8.50. The summed E-state index contributed by atoms with van der Waals surface area (Å²) >= 11 is 5.91. The Kier molecular flexibility index (Phi) is 4.65. The summed E-state index contributed by atoms with van der Waals surface area (Å²) in [6.07, 6.45) is 0. The number of hydrogen-bond donors (Lipinski definition) is 1. The van der Waals surface area contributed by atoms with E-state index in [1.54, 1.807) is 6.07 Å². The number of methoxy groups -OCH3 is 1. The SMILES string of the molecule is COc1ccc(C(=O)O)cc1OCc1c(F)cccc1Cl. The molecule has 0 aliphatic carbocycles. The number of hydrogen-bond acceptors (Lipinski definition) is 3. The highest BCUT2D eigenvalue weighted by Crippen LogP contribution is 2.30. The van der Waals surface area contributed by atoms with Crippen LogP contribution in [-0.2, 0) is 6.61 Å². The highest BCUT2D eigenvalue weighted by molar-refractivity contribution is 6.31. The number of carboxylic acid groups (broad SMARTS) is 1. The summed E-state index contributed by atoms with van der Waals surface area (Å²) in [5.74, 6) is -1.02. The third kappa shape index (κ3) is 3.44. The van der Waals surface area contributed by atoms with Crippen molar-refractivity contribution < 1.29 is 23.8 Å². The second kappa shape index (κ2) is 6.45. The van der Waals surface area contributed by atoms with Gasteiger partial charge in [0.25, 0.3) is 0 Å². The zero-order valence-electron chi connectivity index (χ0n) is 11.1. The van der Waals surface area contributed by atoms with Gasteiger partial charge in [-0.25, -0.2) is 9.18 Å². The molecule has 2 rings (SSSR count). The summed E-state index contributed by atoms with van der Waals surface area (Å²) in [7, 11) is 1.43. The molecule has 0 aliphatic rings. The first-order valence-corrected chi connectivity index (χ1v) is 6.37. The van der Waals surface area contributed by atoms with Crippen molar-refractivity contribution in [3.05, 3.63) is 58.4 Å². The lowest BCUT2D eigenvalue weighted by atomic mass is 10.2. The maximum Gasteiger partial charge on any atom is 0.335 e. The molecule has 2 aromatic rings. The smallest absolute Gasteiger partial charge is 0.335 e. The first-order valence-electron chi connectivity index (χ1n) is 6.00. The van der Waals surface area contributed by atoms with Gasteiger partial charge in [0, 0.05) is 5.56 Å². The van der Waals surface area contributed by atoms with Crippen molar-refractivity contribution in [3.63, 3.8) is 0 Å². The van der Waals surface area contributed by atoms with E-state index in [4.69, 9.17) is 26.2 Å². The van der Waals surface area contributed by atoms with Crippen LogP contribution in [0, 0.1) is 5.82 Å². The Morgan fingerprint density at radius 2 is 2.05 bits per heavy atom. The van der Waals surface area contributed by atoms with Crippen molar-refractivity contribution in [1.82, 2.24) is 0 Å². The van der Waals surface area contributed by atoms with Gasteiger partial charge < -0.3 is 14.6 Å². The van der Waals surface area contributed by atoms with Crippen LogP contribution in [0.25, 0.3) is 0 Å². The van der Waals surface area contributed by atoms with E-state index in [0.717, 1.165) is 0 Å². The van der Waals surface area contributed by atoms with E-state index in [1.165, 1.54) is 37.4 Å². The van der Waals surface area contributed by atoms with Gasteiger partial charge in [0.1, 0.15) is 12.4 Å². The van der Waals surface area contributed by atoms with Gasteiger partial charge in [-0.15, -0.1) is 0 Å². The van der Waals surface area contributed by atoms with Gasteiger partial charge >= 0.3 is 5.97 Å². The lowest BCUT2D eigenvalue weighted by molar-refractivity contribution is 0.0696. The van der Waals surface area contributed by atoms with E-state index in [1.807, 2.05) is 0 Å². The quantitative estimate of drug-likeness (QED) is 0.913. The monoisotopic (exact) mass is 310 g/mol. The zero-order chi connectivity index (χ0) is 15.4. The molecular formula is C15H12ClFO4. The van der Waals surface area contributed by atoms with Gasteiger partial charge in [0.05, 0.1) is 17.7 Å². The minimum absolute atomic E-state index is 0.0467. The Balaban J connectivity index is 2.26. The molecule has 1 N–H and O–H groups in total. The maximum absolute atomic E-state index is 13.7. The van der Waals surface area contributed by atoms with Crippen molar-refractivity contribution in [3.8, 4) is 11.5 Å². The lowest BCUT2D eigenvalue weighted by Gasteiger charge is -2.12. The molecule has 0 saturated heterocycles. The van der Waals surface area contributed by atoms with Crippen LogP contribution < -0.4 is 9.47 Å². The van der Waals surface area contributed by atoms with Crippen LogP contribution in [-0.4, -0.2) is 18.2 Å². The molecule has 0 fully saturated rings. The lowest BCUT2D eigenvalue weighted by Crippen LogP contribution is -2.03. The average molecular weight is 311 g/mol. The van der Waals surface area contributed by atoms with Gasteiger partial charge in [0.15, 0.2) is 11.5 Å². The van der Waals surface area contributed by atoms with Gasteiger partial charge in [-0.2, -0.15) is 0 Å². The molecule has 0 heterocycles. The number of rotatable bonds is 5. The second-order valence-electron chi connectivity index (χ2n) is 4.16. The summed E-state index contributed by atoms with van der Waals surface area (Å²) in [6.45, 7) is -0.134. The molecule has 0 spiro atoms. The molecule has 0 bridgehead atoms. The van der Waals surface area contributed by atoms with Crippen LogP contribution in [0.2, 0.25) is 5.02 Å². The molecule has 110 valence electrons. The minimum Gasteiger partial charge on any atom is -0.493 e. The van der Waals surface area contributed by atoms with Crippen molar-refractivity contribution in [2.24, 2.45) is 0 Å². The predicted octanol–water partition coefficient (Wildman–Crippen LogP) is 3.76. The Labute approximate surface area is 125 Å². The molecule has 0 amide bonds. The molecule has 4 nitrogen and oxygen atoms in total. The van der Waals surface area contributed by atoms with Crippen LogP contribution in [0.15, 0.2) is 36.4 Å². The van der Waals surface area contributed by atoms with Crippen molar-refractivity contribution in [2.75, 3.05) is 7.11 Å². The number of halogens is 2. The highest BCUT2D eigenvalue weighted by atomic mass is 35.5. The van der Waals surface area contributed by atoms with Crippen LogP contribution in [0.1, 0.15) is 15.9 Å². The third-order valence-corrected chi connectivity index (χ3v) is 3.20. The van der Waals surface area contributed by atoms with E-state index in [-0.39, 0.29) is 28.5 Å². The topological polar surface area (TPSA) is 55.8 Å². The summed E-state index contributed by atoms with van der Waals surface area (Å²) in [4.78, 5) is 11.0. The predicted molar refractivity (Wildman–Crippen MR) is 75.7 cm³/mol. The molecule has 0 aliphatic heterocycles. The van der Waals surface area contributed by atoms with Gasteiger partial charge in [0.2, 0.25) is 0 Å². The molecule has 0 radical (unpaired) electrons. The zero-order valence-corrected chi connectivity index (χ0v) is 11.9. The molecule has 21 heavy (non-hydrogen) atoms. The van der Waals surface area contributed by atoms with Crippen molar-refractivity contribution in [1.29, 1.82) is 0 Å². The number of carboxylic acids is 1. The normalized spacial score (nSPS) is 10.2. The second-order valence-corrected chi connectivity index (χ2v) is 4.57. The fourth-order valence-electron chi connectivity index (χ4n) is 1.74. The van der Waals surface area contributed by atoms with Gasteiger partial charge in [-0.05, 0) is 30.3 Å². The molecule has 0 unspecified atom stereocenters. The minimum atomic E-state index is -1.09. The van der Waals surface area contributed by atoms with E-state index < -0.39 is 11.8 Å². The van der Waals surface area contributed by atoms with Crippen LogP contribution in [0.5, 0.6) is 11.5 Å². The standard InChI is InChI=1S/C15H12ClFO4/c1-20-13-6-5-9(15(18)19)7-14(13)21-8-10-11(16)3-2-4-12(10)17/h2-7H,8H2,1H3,(H,18,19). The van der Waals surface area contributed by atoms with Gasteiger partial charge in [-0.3, -0.25) is 0 Å². The summed E-state index contributed by atoms with van der Waals surface area (Å²) in [5, 5.41) is 9.21. The van der Waals surface area contributed by atoms with Crippen LogP contribution in [0.3, 0.4) is 0 Å². The van der Waals surface area contributed by atoms with Gasteiger partial charge in [-0.1, -0.05) is 17.7 Å². The highest BCUT2D eigenvalue weighted by Gasteiger charge is 2.12. The molecule has 0 aromatic heterocycles. The van der Waals surface area contributed by atoms with E-state index in [2.05, 4.69) is 0 Å².